The summed E-state index contributed by atoms with van der Waals surface area (Å²) in [5, 5.41) is 2.87. The second-order valence-electron chi connectivity index (χ2n) is 7.11. The summed E-state index contributed by atoms with van der Waals surface area (Å²) in [5.74, 6) is 0.142. The summed E-state index contributed by atoms with van der Waals surface area (Å²) in [5.41, 5.74) is 3.62. The predicted octanol–water partition coefficient (Wildman–Crippen LogP) is 3.01. The van der Waals surface area contributed by atoms with Crippen LogP contribution in [-0.4, -0.2) is 45.9 Å². The molecule has 144 valence electrons. The van der Waals surface area contributed by atoms with E-state index >= 15 is 0 Å². The van der Waals surface area contributed by atoms with E-state index in [-0.39, 0.29) is 17.7 Å². The van der Waals surface area contributed by atoms with E-state index in [0.29, 0.717) is 25.2 Å². The van der Waals surface area contributed by atoms with Gasteiger partial charge in [0.1, 0.15) is 6.33 Å². The number of para-hydroxylation sites is 2. The molecule has 0 saturated carbocycles. The zero-order valence-electron chi connectivity index (χ0n) is 16.0. The predicted molar refractivity (Wildman–Crippen MR) is 108 cm³/mol. The first-order chi connectivity index (χ1) is 13.7. The molecule has 0 radical (unpaired) electrons. The van der Waals surface area contributed by atoms with Gasteiger partial charge in [0.05, 0.1) is 11.0 Å². The fourth-order valence-electron chi connectivity index (χ4n) is 3.78. The Morgan fingerprint density at radius 3 is 2.50 bits per heavy atom. The highest BCUT2D eigenvalue weighted by atomic mass is 16.2. The number of nitrogens with one attached hydrogen (secondary N) is 1. The topological polar surface area (TPSA) is 67.2 Å². The molecular formula is C22H24N4O2. The van der Waals surface area contributed by atoms with Crippen molar-refractivity contribution in [1.29, 1.82) is 0 Å². The summed E-state index contributed by atoms with van der Waals surface area (Å²) in [7, 11) is 0. The van der Waals surface area contributed by atoms with Crippen molar-refractivity contribution in [2.45, 2.75) is 19.8 Å². The van der Waals surface area contributed by atoms with E-state index in [2.05, 4.69) is 10.3 Å². The maximum absolute atomic E-state index is 12.8. The van der Waals surface area contributed by atoms with Crippen molar-refractivity contribution < 1.29 is 9.59 Å². The van der Waals surface area contributed by atoms with Gasteiger partial charge in [-0.05, 0) is 56.2 Å². The number of hydrogen-bond acceptors (Lipinski definition) is 3. The Balaban J connectivity index is 1.44. The van der Waals surface area contributed by atoms with Gasteiger partial charge in [-0.1, -0.05) is 12.1 Å². The lowest BCUT2D eigenvalue weighted by Gasteiger charge is -2.31. The number of amides is 2. The Morgan fingerprint density at radius 2 is 1.79 bits per heavy atom. The Hall–Kier alpha value is -3.15. The van der Waals surface area contributed by atoms with Crippen molar-refractivity contribution in [3.8, 4) is 5.69 Å². The van der Waals surface area contributed by atoms with Crippen LogP contribution in [0.4, 0.5) is 0 Å². The Kier molecular flexibility index (Phi) is 5.10. The highest BCUT2D eigenvalue weighted by Gasteiger charge is 2.27. The van der Waals surface area contributed by atoms with Crippen LogP contribution in [0.2, 0.25) is 0 Å². The number of carbonyl (C=O) groups excluding carboxylic acids is 2. The average Bonchev–Trinajstić information content (AvgIpc) is 3.18. The van der Waals surface area contributed by atoms with Crippen molar-refractivity contribution >= 4 is 22.8 Å². The number of imidazole rings is 1. The maximum Gasteiger partial charge on any atom is 0.253 e. The summed E-state index contributed by atoms with van der Waals surface area (Å²) in [6.07, 6.45) is 3.24. The van der Waals surface area contributed by atoms with Crippen LogP contribution in [-0.2, 0) is 4.79 Å². The molecule has 1 N–H and O–H groups in total. The molecule has 1 aromatic heterocycles. The Bertz CT molecular complexity index is 985. The van der Waals surface area contributed by atoms with E-state index in [1.807, 2.05) is 64.9 Å². The minimum Gasteiger partial charge on any atom is -0.356 e. The van der Waals surface area contributed by atoms with Gasteiger partial charge in [-0.2, -0.15) is 0 Å². The minimum absolute atomic E-state index is 0.0147. The number of benzene rings is 2. The van der Waals surface area contributed by atoms with Crippen molar-refractivity contribution in [1.82, 2.24) is 19.8 Å². The van der Waals surface area contributed by atoms with E-state index in [4.69, 9.17) is 0 Å². The number of hydrogen-bond donors (Lipinski definition) is 1. The molecule has 2 amide bonds. The van der Waals surface area contributed by atoms with Gasteiger partial charge in [-0.3, -0.25) is 14.2 Å². The van der Waals surface area contributed by atoms with Crippen molar-refractivity contribution in [3.63, 3.8) is 0 Å². The molecule has 6 nitrogen and oxygen atoms in total. The standard InChI is InChI=1S/C22H24N4O2/c1-2-23-21(27)16-11-13-25(14-12-16)22(28)17-7-9-18(10-8-17)26-15-24-19-5-3-4-6-20(19)26/h3-10,15-16H,2,11-14H2,1H3,(H,23,27). The van der Waals surface area contributed by atoms with Gasteiger partial charge in [0.25, 0.3) is 5.91 Å². The zero-order valence-corrected chi connectivity index (χ0v) is 16.0. The number of piperidine rings is 1. The molecule has 0 bridgehead atoms. The first-order valence-corrected chi connectivity index (χ1v) is 9.77. The van der Waals surface area contributed by atoms with Crippen LogP contribution in [0.15, 0.2) is 54.9 Å². The Labute approximate surface area is 164 Å². The monoisotopic (exact) mass is 376 g/mol. The highest BCUT2D eigenvalue weighted by molar-refractivity contribution is 5.94. The number of likely N-dealkylation sites (tertiary alicyclic amines) is 1. The van der Waals surface area contributed by atoms with Gasteiger partial charge in [0, 0.05) is 36.8 Å². The van der Waals surface area contributed by atoms with Crippen LogP contribution in [0.5, 0.6) is 0 Å². The molecule has 28 heavy (non-hydrogen) atoms. The average molecular weight is 376 g/mol. The number of fused-ring (bicyclic) bond motifs is 1. The summed E-state index contributed by atoms with van der Waals surface area (Å²) in [6, 6.07) is 15.6. The molecule has 6 heteroatoms. The molecule has 1 fully saturated rings. The number of aromatic nitrogens is 2. The largest absolute Gasteiger partial charge is 0.356 e. The van der Waals surface area contributed by atoms with E-state index in [9.17, 15) is 9.59 Å². The van der Waals surface area contributed by atoms with Gasteiger partial charge in [0.2, 0.25) is 5.91 Å². The number of carbonyl (C=O) groups is 2. The molecule has 4 rings (SSSR count). The SMILES string of the molecule is CCNC(=O)C1CCN(C(=O)c2ccc(-n3cnc4ccccc43)cc2)CC1. The summed E-state index contributed by atoms with van der Waals surface area (Å²) in [4.78, 5) is 31.0. The molecule has 1 aliphatic rings. The highest BCUT2D eigenvalue weighted by Crippen LogP contribution is 2.21. The molecule has 0 unspecified atom stereocenters. The molecule has 2 heterocycles. The molecule has 2 aromatic carbocycles. The first-order valence-electron chi connectivity index (χ1n) is 9.77. The first kappa shape index (κ1) is 18.2. The van der Waals surface area contributed by atoms with E-state index in [1.165, 1.54) is 0 Å². The van der Waals surface area contributed by atoms with Gasteiger partial charge in [-0.25, -0.2) is 4.98 Å². The zero-order chi connectivity index (χ0) is 19.5. The fraction of sp³-hybridized carbons (Fsp3) is 0.318. The van der Waals surface area contributed by atoms with Gasteiger partial charge in [0.15, 0.2) is 0 Å². The lowest BCUT2D eigenvalue weighted by atomic mass is 9.95. The summed E-state index contributed by atoms with van der Waals surface area (Å²) in [6.45, 7) is 3.81. The van der Waals surface area contributed by atoms with Crippen molar-refractivity contribution in [2.75, 3.05) is 19.6 Å². The van der Waals surface area contributed by atoms with Gasteiger partial charge >= 0.3 is 0 Å². The number of nitrogens with zero attached hydrogens (tertiary/aromatic N) is 3. The number of rotatable bonds is 4. The van der Waals surface area contributed by atoms with E-state index in [0.717, 1.165) is 29.6 Å². The second kappa shape index (κ2) is 7.84. The van der Waals surface area contributed by atoms with Crippen molar-refractivity contribution in [3.05, 3.63) is 60.4 Å². The lowest BCUT2D eigenvalue weighted by Crippen LogP contribution is -2.43. The molecular weight excluding hydrogens is 352 g/mol. The minimum atomic E-state index is 0.0147. The summed E-state index contributed by atoms with van der Waals surface area (Å²) < 4.78 is 2.02. The van der Waals surface area contributed by atoms with Gasteiger partial charge < -0.3 is 10.2 Å². The third-order valence-corrected chi connectivity index (χ3v) is 5.35. The lowest BCUT2D eigenvalue weighted by molar-refractivity contribution is -0.126. The molecule has 0 aliphatic carbocycles. The van der Waals surface area contributed by atoms with Crippen molar-refractivity contribution in [2.24, 2.45) is 5.92 Å². The second-order valence-corrected chi connectivity index (χ2v) is 7.11. The molecule has 1 aliphatic heterocycles. The molecule has 0 atom stereocenters. The normalized spacial score (nSPS) is 15.0. The smallest absolute Gasteiger partial charge is 0.253 e. The maximum atomic E-state index is 12.8. The molecule has 3 aromatic rings. The Morgan fingerprint density at radius 1 is 1.07 bits per heavy atom. The molecule has 0 spiro atoms. The molecule has 1 saturated heterocycles. The third-order valence-electron chi connectivity index (χ3n) is 5.35. The van der Waals surface area contributed by atoms with Crippen LogP contribution in [0.3, 0.4) is 0 Å². The van der Waals surface area contributed by atoms with Gasteiger partial charge in [-0.15, -0.1) is 0 Å². The van der Waals surface area contributed by atoms with Crippen LogP contribution >= 0.6 is 0 Å². The van der Waals surface area contributed by atoms with Crippen LogP contribution in [0, 0.1) is 5.92 Å². The van der Waals surface area contributed by atoms with Crippen LogP contribution < -0.4 is 5.32 Å². The fourth-order valence-corrected chi connectivity index (χ4v) is 3.78. The van der Waals surface area contributed by atoms with E-state index in [1.54, 1.807) is 6.33 Å². The van der Waals surface area contributed by atoms with Crippen LogP contribution in [0.1, 0.15) is 30.1 Å². The van der Waals surface area contributed by atoms with E-state index < -0.39 is 0 Å². The third kappa shape index (κ3) is 3.50. The summed E-state index contributed by atoms with van der Waals surface area (Å²) >= 11 is 0. The van der Waals surface area contributed by atoms with Crippen LogP contribution in [0.25, 0.3) is 16.7 Å². The quantitative estimate of drug-likeness (QED) is 0.761.